The molecule has 1 aromatic carbocycles. The summed E-state index contributed by atoms with van der Waals surface area (Å²) in [6.07, 6.45) is 4.70. The molecule has 0 bridgehead atoms. The second-order valence-corrected chi connectivity index (χ2v) is 5.45. The van der Waals surface area contributed by atoms with Gasteiger partial charge in [-0.1, -0.05) is 28.8 Å². The molecule has 1 aliphatic heterocycles. The Morgan fingerprint density at radius 2 is 1.72 bits per heavy atom. The van der Waals surface area contributed by atoms with Gasteiger partial charge in [0, 0.05) is 17.6 Å². The largest absolute Gasteiger partial charge is 0.484 e. The van der Waals surface area contributed by atoms with Crippen molar-refractivity contribution in [1.29, 1.82) is 0 Å². The monoisotopic (exact) mass is 311 g/mol. The molecule has 98 valence electrons. The lowest BCUT2D eigenvalue weighted by Crippen LogP contribution is -2.35. The van der Waals surface area contributed by atoms with Crippen LogP contribution in [0.3, 0.4) is 0 Å². The molecule has 3 nitrogen and oxygen atoms in total. The predicted molar refractivity (Wildman–Crippen MR) is 74.7 cm³/mol. The van der Waals surface area contributed by atoms with Crippen LogP contribution in [-0.4, -0.2) is 30.5 Å². The maximum atomic E-state index is 12.0. The minimum atomic E-state index is 0.0971. The van der Waals surface area contributed by atoms with Crippen molar-refractivity contribution in [3.05, 3.63) is 28.7 Å². The molecule has 1 amide bonds. The lowest BCUT2D eigenvalue weighted by molar-refractivity contribution is -0.133. The molecular formula is C14H18BrNO2. The zero-order valence-electron chi connectivity index (χ0n) is 10.4. The first-order chi connectivity index (χ1) is 8.75. The van der Waals surface area contributed by atoms with E-state index in [-0.39, 0.29) is 12.5 Å². The Morgan fingerprint density at radius 1 is 1.11 bits per heavy atom. The van der Waals surface area contributed by atoms with Crippen LogP contribution in [0.25, 0.3) is 0 Å². The summed E-state index contributed by atoms with van der Waals surface area (Å²) in [6, 6.07) is 7.54. The third-order valence-corrected chi connectivity index (χ3v) is 3.66. The van der Waals surface area contributed by atoms with Gasteiger partial charge in [-0.25, -0.2) is 0 Å². The van der Waals surface area contributed by atoms with Crippen molar-refractivity contribution in [2.75, 3.05) is 19.7 Å². The molecule has 1 fully saturated rings. The van der Waals surface area contributed by atoms with E-state index in [1.165, 1.54) is 12.8 Å². The lowest BCUT2D eigenvalue weighted by Gasteiger charge is -2.20. The average molecular weight is 312 g/mol. The summed E-state index contributed by atoms with van der Waals surface area (Å²) in [5.74, 6) is 0.834. The smallest absolute Gasteiger partial charge is 0.260 e. The lowest BCUT2D eigenvalue weighted by atomic mass is 10.2. The third kappa shape index (κ3) is 4.02. The number of halogens is 1. The van der Waals surface area contributed by atoms with Gasteiger partial charge in [-0.2, -0.15) is 0 Å². The van der Waals surface area contributed by atoms with E-state index in [4.69, 9.17) is 4.74 Å². The van der Waals surface area contributed by atoms with E-state index < -0.39 is 0 Å². The Hall–Kier alpha value is -1.03. The normalized spacial score (nSPS) is 16.2. The number of carbonyl (C=O) groups is 1. The third-order valence-electron chi connectivity index (χ3n) is 3.13. The van der Waals surface area contributed by atoms with Gasteiger partial charge in [-0.05, 0) is 37.1 Å². The summed E-state index contributed by atoms with van der Waals surface area (Å²) in [5.41, 5.74) is 0. The molecular weight excluding hydrogens is 294 g/mol. The molecule has 0 radical (unpaired) electrons. The molecule has 0 saturated carbocycles. The van der Waals surface area contributed by atoms with Gasteiger partial charge in [0.1, 0.15) is 5.75 Å². The van der Waals surface area contributed by atoms with Gasteiger partial charge in [0.25, 0.3) is 5.91 Å². The first-order valence-electron chi connectivity index (χ1n) is 6.42. The number of hydrogen-bond donors (Lipinski definition) is 0. The fourth-order valence-corrected chi connectivity index (χ4v) is 2.35. The van der Waals surface area contributed by atoms with Gasteiger partial charge in [0.2, 0.25) is 0 Å². The van der Waals surface area contributed by atoms with Crippen molar-refractivity contribution in [2.24, 2.45) is 0 Å². The first-order valence-corrected chi connectivity index (χ1v) is 7.21. The summed E-state index contributed by atoms with van der Waals surface area (Å²) in [4.78, 5) is 13.9. The quantitative estimate of drug-likeness (QED) is 0.857. The molecule has 0 aromatic heterocycles. The highest BCUT2D eigenvalue weighted by Gasteiger charge is 2.15. The van der Waals surface area contributed by atoms with Crippen molar-refractivity contribution in [3.63, 3.8) is 0 Å². The molecule has 0 N–H and O–H groups in total. The topological polar surface area (TPSA) is 29.5 Å². The highest BCUT2D eigenvalue weighted by molar-refractivity contribution is 9.10. The van der Waals surface area contributed by atoms with E-state index in [9.17, 15) is 4.79 Å². The van der Waals surface area contributed by atoms with Crippen LogP contribution in [-0.2, 0) is 4.79 Å². The summed E-state index contributed by atoms with van der Waals surface area (Å²) >= 11 is 3.37. The van der Waals surface area contributed by atoms with Crippen LogP contribution in [0.5, 0.6) is 5.75 Å². The van der Waals surface area contributed by atoms with Crippen LogP contribution in [0.2, 0.25) is 0 Å². The number of benzene rings is 1. The summed E-state index contributed by atoms with van der Waals surface area (Å²) in [7, 11) is 0. The van der Waals surface area contributed by atoms with Crippen LogP contribution in [0, 0.1) is 0 Å². The van der Waals surface area contributed by atoms with Crippen molar-refractivity contribution in [1.82, 2.24) is 4.90 Å². The number of amides is 1. The van der Waals surface area contributed by atoms with Gasteiger partial charge < -0.3 is 9.64 Å². The molecule has 0 spiro atoms. The number of hydrogen-bond acceptors (Lipinski definition) is 2. The van der Waals surface area contributed by atoms with E-state index in [1.54, 1.807) is 0 Å². The molecule has 18 heavy (non-hydrogen) atoms. The van der Waals surface area contributed by atoms with Crippen molar-refractivity contribution in [2.45, 2.75) is 25.7 Å². The van der Waals surface area contributed by atoms with Gasteiger partial charge in [0.15, 0.2) is 6.61 Å². The summed E-state index contributed by atoms with van der Waals surface area (Å²) < 4.78 is 6.51. The van der Waals surface area contributed by atoms with E-state index in [0.717, 1.165) is 36.2 Å². The summed E-state index contributed by atoms with van der Waals surface area (Å²) in [5, 5.41) is 0. The predicted octanol–water partition coefficient (Wildman–Crippen LogP) is 3.23. The summed E-state index contributed by atoms with van der Waals surface area (Å²) in [6.45, 7) is 1.90. The van der Waals surface area contributed by atoms with Gasteiger partial charge in [0.05, 0.1) is 0 Å². The number of nitrogens with zero attached hydrogens (tertiary/aromatic N) is 1. The highest BCUT2D eigenvalue weighted by Crippen LogP contribution is 2.16. The molecule has 1 heterocycles. The Kier molecular flexibility index (Phi) is 5.05. The molecule has 1 aromatic rings. The maximum absolute atomic E-state index is 12.0. The Balaban J connectivity index is 1.81. The van der Waals surface area contributed by atoms with Crippen molar-refractivity contribution >= 4 is 21.8 Å². The Labute approximate surface area is 116 Å². The minimum absolute atomic E-state index is 0.0971. The van der Waals surface area contributed by atoms with E-state index >= 15 is 0 Å². The van der Waals surface area contributed by atoms with Gasteiger partial charge >= 0.3 is 0 Å². The average Bonchev–Trinajstić information content (AvgIpc) is 2.66. The van der Waals surface area contributed by atoms with Gasteiger partial charge in [-0.3, -0.25) is 4.79 Å². The van der Waals surface area contributed by atoms with E-state index in [1.807, 2.05) is 29.2 Å². The van der Waals surface area contributed by atoms with Crippen molar-refractivity contribution < 1.29 is 9.53 Å². The first kappa shape index (κ1) is 13.4. The van der Waals surface area contributed by atoms with Crippen LogP contribution >= 0.6 is 15.9 Å². The van der Waals surface area contributed by atoms with Crippen molar-refractivity contribution in [3.8, 4) is 5.75 Å². The number of likely N-dealkylation sites (tertiary alicyclic amines) is 1. The Morgan fingerprint density at radius 3 is 2.33 bits per heavy atom. The van der Waals surface area contributed by atoms with E-state index in [2.05, 4.69) is 15.9 Å². The van der Waals surface area contributed by atoms with E-state index in [0.29, 0.717) is 0 Å². The van der Waals surface area contributed by atoms with Gasteiger partial charge in [-0.15, -0.1) is 0 Å². The number of carbonyl (C=O) groups excluding carboxylic acids is 1. The fraction of sp³-hybridized carbons (Fsp3) is 0.500. The zero-order valence-corrected chi connectivity index (χ0v) is 12.0. The van der Waals surface area contributed by atoms with Crippen LogP contribution in [0.4, 0.5) is 0 Å². The number of rotatable bonds is 3. The maximum Gasteiger partial charge on any atom is 0.260 e. The highest BCUT2D eigenvalue weighted by atomic mass is 79.9. The molecule has 1 aliphatic rings. The Bertz CT molecular complexity index is 383. The molecule has 2 rings (SSSR count). The zero-order chi connectivity index (χ0) is 12.8. The second-order valence-electron chi connectivity index (χ2n) is 4.54. The van der Waals surface area contributed by atoms with Crippen LogP contribution < -0.4 is 4.74 Å². The fourth-order valence-electron chi connectivity index (χ4n) is 2.09. The number of ether oxygens (including phenoxy) is 1. The molecule has 0 aliphatic carbocycles. The van der Waals surface area contributed by atoms with Crippen LogP contribution in [0.1, 0.15) is 25.7 Å². The SMILES string of the molecule is O=C(COc1ccc(Br)cc1)N1CCCCCC1. The standard InChI is InChI=1S/C14H18BrNO2/c15-12-5-7-13(8-6-12)18-11-14(17)16-9-3-1-2-4-10-16/h5-8H,1-4,9-11H2. The minimum Gasteiger partial charge on any atom is -0.484 e. The molecule has 4 heteroatoms. The second kappa shape index (κ2) is 6.78. The molecule has 0 atom stereocenters. The molecule has 0 unspecified atom stereocenters. The molecule has 1 saturated heterocycles. The van der Waals surface area contributed by atoms with Crippen LogP contribution in [0.15, 0.2) is 28.7 Å².